The van der Waals surface area contributed by atoms with Crippen LogP contribution in [0.2, 0.25) is 0 Å². The van der Waals surface area contributed by atoms with Crippen molar-refractivity contribution in [1.29, 1.82) is 0 Å². The third-order valence-corrected chi connectivity index (χ3v) is 3.50. The first-order chi connectivity index (χ1) is 9.29. The van der Waals surface area contributed by atoms with Crippen LogP contribution in [0.4, 0.5) is 0 Å². The van der Waals surface area contributed by atoms with Gasteiger partial charge in [-0.05, 0) is 31.0 Å². The summed E-state index contributed by atoms with van der Waals surface area (Å²) in [5.41, 5.74) is 7.88. The highest BCUT2D eigenvalue weighted by molar-refractivity contribution is 5.97. The second-order valence-electron chi connectivity index (χ2n) is 4.80. The highest BCUT2D eigenvalue weighted by Gasteiger charge is 2.20. The number of rotatable bonds is 3. The van der Waals surface area contributed by atoms with Gasteiger partial charge in [-0.15, -0.1) is 5.10 Å². The van der Waals surface area contributed by atoms with E-state index in [0.717, 1.165) is 37.0 Å². The molecule has 1 amide bonds. The topological polar surface area (TPSA) is 77.0 Å². The van der Waals surface area contributed by atoms with E-state index in [1.54, 1.807) is 4.68 Å². The van der Waals surface area contributed by atoms with Crippen molar-refractivity contribution in [3.8, 4) is 0 Å². The number of likely N-dealkylation sites (tertiary alicyclic amines) is 1. The van der Waals surface area contributed by atoms with E-state index in [0.29, 0.717) is 18.7 Å². The molecule has 6 heteroatoms. The minimum atomic E-state index is 0.0905. The summed E-state index contributed by atoms with van der Waals surface area (Å²) in [7, 11) is 0. The van der Waals surface area contributed by atoms with Crippen molar-refractivity contribution in [2.75, 3.05) is 19.6 Å². The molecule has 0 atom stereocenters. The Bertz CT molecular complexity index is 600. The minimum Gasteiger partial charge on any atom is -0.339 e. The van der Waals surface area contributed by atoms with Crippen LogP contribution in [0.3, 0.4) is 0 Å². The van der Waals surface area contributed by atoms with Crippen LogP contribution in [0.5, 0.6) is 0 Å². The lowest BCUT2D eigenvalue weighted by Crippen LogP contribution is -2.27. The zero-order chi connectivity index (χ0) is 13.2. The number of fused-ring (bicyclic) bond motifs is 1. The molecule has 0 saturated carbocycles. The first-order valence-electron chi connectivity index (χ1n) is 6.62. The molecule has 3 rings (SSSR count). The van der Waals surface area contributed by atoms with Gasteiger partial charge in [-0.2, -0.15) is 0 Å². The molecule has 6 nitrogen and oxygen atoms in total. The van der Waals surface area contributed by atoms with Gasteiger partial charge >= 0.3 is 0 Å². The summed E-state index contributed by atoms with van der Waals surface area (Å²) >= 11 is 0. The molecule has 1 aliphatic rings. The summed E-state index contributed by atoms with van der Waals surface area (Å²) in [5.74, 6) is 0.0905. The van der Waals surface area contributed by atoms with Gasteiger partial charge < -0.3 is 10.6 Å². The Morgan fingerprint density at radius 3 is 2.84 bits per heavy atom. The van der Waals surface area contributed by atoms with Gasteiger partial charge in [0.2, 0.25) is 0 Å². The fourth-order valence-corrected chi connectivity index (χ4v) is 2.50. The molecular weight excluding hydrogens is 242 g/mol. The molecule has 0 unspecified atom stereocenters. The van der Waals surface area contributed by atoms with Gasteiger partial charge in [-0.25, -0.2) is 4.68 Å². The number of nitrogens with two attached hydrogens (primary N) is 1. The molecule has 2 heterocycles. The second-order valence-corrected chi connectivity index (χ2v) is 4.80. The Labute approximate surface area is 111 Å². The van der Waals surface area contributed by atoms with Gasteiger partial charge in [-0.3, -0.25) is 4.79 Å². The highest BCUT2D eigenvalue weighted by atomic mass is 16.2. The zero-order valence-corrected chi connectivity index (χ0v) is 10.7. The van der Waals surface area contributed by atoms with Crippen LogP contribution < -0.4 is 5.73 Å². The molecule has 19 heavy (non-hydrogen) atoms. The molecule has 0 spiro atoms. The third-order valence-electron chi connectivity index (χ3n) is 3.50. The second kappa shape index (κ2) is 4.97. The fourth-order valence-electron chi connectivity index (χ4n) is 2.50. The van der Waals surface area contributed by atoms with E-state index in [2.05, 4.69) is 10.3 Å². The molecule has 1 aliphatic heterocycles. The monoisotopic (exact) mass is 259 g/mol. The Balaban J connectivity index is 1.91. The van der Waals surface area contributed by atoms with Crippen LogP contribution in [-0.4, -0.2) is 45.4 Å². The van der Waals surface area contributed by atoms with Crippen LogP contribution in [0.15, 0.2) is 18.2 Å². The number of amides is 1. The van der Waals surface area contributed by atoms with Crippen molar-refractivity contribution in [1.82, 2.24) is 19.9 Å². The molecule has 0 bridgehead atoms. The summed E-state index contributed by atoms with van der Waals surface area (Å²) in [5, 5.41) is 8.14. The predicted octanol–water partition coefficient (Wildman–Crippen LogP) is 0.626. The smallest absolute Gasteiger partial charge is 0.253 e. The van der Waals surface area contributed by atoms with Crippen molar-refractivity contribution in [3.05, 3.63) is 23.8 Å². The molecule has 1 fully saturated rings. The van der Waals surface area contributed by atoms with Crippen molar-refractivity contribution < 1.29 is 4.79 Å². The average Bonchev–Trinajstić information content (AvgIpc) is 3.08. The molecule has 0 aliphatic carbocycles. The average molecular weight is 259 g/mol. The molecular formula is C13H17N5O. The molecule has 0 radical (unpaired) electrons. The van der Waals surface area contributed by atoms with Crippen LogP contribution in [0, 0.1) is 0 Å². The summed E-state index contributed by atoms with van der Waals surface area (Å²) in [4.78, 5) is 14.2. The van der Waals surface area contributed by atoms with Crippen LogP contribution in [0.25, 0.3) is 11.0 Å². The van der Waals surface area contributed by atoms with Gasteiger partial charge in [0.05, 0.1) is 12.1 Å². The fraction of sp³-hybridized carbons (Fsp3) is 0.462. The largest absolute Gasteiger partial charge is 0.339 e. The maximum atomic E-state index is 12.3. The van der Waals surface area contributed by atoms with Crippen molar-refractivity contribution >= 4 is 16.9 Å². The normalized spacial score (nSPS) is 15.3. The van der Waals surface area contributed by atoms with Gasteiger partial charge in [0.1, 0.15) is 5.52 Å². The summed E-state index contributed by atoms with van der Waals surface area (Å²) in [6.45, 7) is 2.87. The van der Waals surface area contributed by atoms with Gasteiger partial charge in [-0.1, -0.05) is 5.21 Å². The zero-order valence-electron chi connectivity index (χ0n) is 10.7. The number of carbonyl (C=O) groups excluding carboxylic acids is 1. The molecule has 1 saturated heterocycles. The molecule has 100 valence electrons. The summed E-state index contributed by atoms with van der Waals surface area (Å²) in [6.07, 6.45) is 2.20. The van der Waals surface area contributed by atoms with E-state index in [1.807, 2.05) is 23.1 Å². The van der Waals surface area contributed by atoms with Gasteiger partial charge in [0, 0.05) is 25.2 Å². The number of carbonyl (C=O) groups is 1. The van der Waals surface area contributed by atoms with E-state index >= 15 is 0 Å². The minimum absolute atomic E-state index is 0.0905. The number of hydrogen-bond donors (Lipinski definition) is 1. The Morgan fingerprint density at radius 1 is 1.32 bits per heavy atom. The SMILES string of the molecule is NCCn1nnc2cc(C(=O)N3CCCC3)ccc21. The number of nitrogens with zero attached hydrogens (tertiary/aromatic N) is 4. The van der Waals surface area contributed by atoms with Crippen molar-refractivity contribution in [2.24, 2.45) is 5.73 Å². The molecule has 1 aromatic heterocycles. The van der Waals surface area contributed by atoms with Crippen LogP contribution in [0.1, 0.15) is 23.2 Å². The van der Waals surface area contributed by atoms with Crippen molar-refractivity contribution in [3.63, 3.8) is 0 Å². The number of benzene rings is 1. The lowest BCUT2D eigenvalue weighted by atomic mass is 10.1. The first kappa shape index (κ1) is 12.1. The van der Waals surface area contributed by atoms with Crippen LogP contribution >= 0.6 is 0 Å². The van der Waals surface area contributed by atoms with E-state index in [-0.39, 0.29) is 5.91 Å². The third kappa shape index (κ3) is 2.19. The number of aromatic nitrogens is 3. The predicted molar refractivity (Wildman–Crippen MR) is 71.7 cm³/mol. The lowest BCUT2D eigenvalue weighted by Gasteiger charge is -2.14. The summed E-state index contributed by atoms with van der Waals surface area (Å²) in [6, 6.07) is 5.56. The molecule has 2 N–H and O–H groups in total. The lowest BCUT2D eigenvalue weighted by molar-refractivity contribution is 0.0793. The Hall–Kier alpha value is -1.95. The molecule has 1 aromatic carbocycles. The van der Waals surface area contributed by atoms with Crippen molar-refractivity contribution in [2.45, 2.75) is 19.4 Å². The highest BCUT2D eigenvalue weighted by Crippen LogP contribution is 2.17. The van der Waals surface area contributed by atoms with Crippen LogP contribution in [-0.2, 0) is 6.54 Å². The number of hydrogen-bond acceptors (Lipinski definition) is 4. The van der Waals surface area contributed by atoms with E-state index < -0.39 is 0 Å². The summed E-state index contributed by atoms with van der Waals surface area (Å²) < 4.78 is 1.76. The Kier molecular flexibility index (Phi) is 3.16. The van der Waals surface area contributed by atoms with Gasteiger partial charge in [0.15, 0.2) is 0 Å². The molecule has 2 aromatic rings. The van der Waals surface area contributed by atoms with E-state index in [1.165, 1.54) is 0 Å². The van der Waals surface area contributed by atoms with Gasteiger partial charge in [0.25, 0.3) is 5.91 Å². The maximum Gasteiger partial charge on any atom is 0.253 e. The maximum absolute atomic E-state index is 12.3. The standard InChI is InChI=1S/C13H17N5O/c14-5-8-18-12-4-3-10(9-11(12)15-16-18)13(19)17-6-1-2-7-17/h3-4,9H,1-2,5-8,14H2. The first-order valence-corrected chi connectivity index (χ1v) is 6.62. The quantitative estimate of drug-likeness (QED) is 0.877. The van der Waals surface area contributed by atoms with E-state index in [9.17, 15) is 4.79 Å². The Morgan fingerprint density at radius 2 is 2.11 bits per heavy atom. The van der Waals surface area contributed by atoms with E-state index in [4.69, 9.17) is 5.73 Å².